The van der Waals surface area contributed by atoms with Crippen molar-refractivity contribution in [3.05, 3.63) is 51.5 Å². The van der Waals surface area contributed by atoms with E-state index >= 15 is 0 Å². The Labute approximate surface area is 113 Å². The third-order valence-electron chi connectivity index (χ3n) is 2.75. The third-order valence-corrected chi connectivity index (χ3v) is 3.86. The number of halogens is 3. The van der Waals surface area contributed by atoms with E-state index in [1.165, 1.54) is 6.20 Å². The molecule has 0 aliphatic rings. The largest absolute Gasteiger partial charge is 0.443 e. The number of nitrogens with zero attached hydrogens (tertiary/aromatic N) is 1. The fourth-order valence-corrected chi connectivity index (χ4v) is 2.70. The van der Waals surface area contributed by atoms with E-state index in [0.29, 0.717) is 16.2 Å². The number of thiazole rings is 1. The zero-order chi connectivity index (χ0) is 14.0. The summed E-state index contributed by atoms with van der Waals surface area (Å²) in [5.74, 6) is 0. The van der Waals surface area contributed by atoms with Crippen molar-refractivity contribution in [3.8, 4) is 0 Å². The summed E-state index contributed by atoms with van der Waals surface area (Å²) in [6.45, 7) is 1.96. The van der Waals surface area contributed by atoms with Crippen LogP contribution in [-0.4, -0.2) is 12.0 Å². The molecule has 19 heavy (non-hydrogen) atoms. The quantitative estimate of drug-likeness (QED) is 0.929. The van der Waals surface area contributed by atoms with Gasteiger partial charge in [0, 0.05) is 11.1 Å². The summed E-state index contributed by atoms with van der Waals surface area (Å²) in [4.78, 5) is 4.01. The topological polar surface area (TPSA) is 24.9 Å². The van der Waals surface area contributed by atoms with Crippen LogP contribution in [0.4, 0.5) is 13.2 Å². The Hall–Kier alpha value is -1.40. The van der Waals surface area contributed by atoms with Crippen LogP contribution in [0.2, 0.25) is 0 Å². The van der Waals surface area contributed by atoms with Crippen molar-refractivity contribution >= 4 is 11.3 Å². The Kier molecular flexibility index (Phi) is 3.91. The van der Waals surface area contributed by atoms with Crippen LogP contribution in [0.15, 0.2) is 30.5 Å². The van der Waals surface area contributed by atoms with Gasteiger partial charge in [-0.05, 0) is 19.5 Å². The first kappa shape index (κ1) is 14.0. The lowest BCUT2D eigenvalue weighted by Crippen LogP contribution is -2.16. The van der Waals surface area contributed by atoms with E-state index in [0.717, 1.165) is 11.1 Å². The Morgan fingerprint density at radius 3 is 2.32 bits per heavy atom. The standard InChI is InChI=1S/C13H13F3N2S/c1-8-3-5-9(6-4-8)11(17-2)10-7-18-12(19-10)13(14,15)16/h3-7,11,17H,1-2H3. The number of aryl methyl sites for hydroxylation is 1. The summed E-state index contributed by atoms with van der Waals surface area (Å²) in [7, 11) is 1.72. The van der Waals surface area contributed by atoms with Crippen molar-refractivity contribution in [1.82, 2.24) is 10.3 Å². The van der Waals surface area contributed by atoms with E-state index in [-0.39, 0.29) is 6.04 Å². The molecule has 0 aliphatic carbocycles. The molecule has 0 radical (unpaired) electrons. The van der Waals surface area contributed by atoms with Gasteiger partial charge in [-0.1, -0.05) is 29.8 Å². The van der Waals surface area contributed by atoms with E-state index in [1.54, 1.807) is 7.05 Å². The van der Waals surface area contributed by atoms with Crippen LogP contribution in [0, 0.1) is 6.92 Å². The Morgan fingerprint density at radius 1 is 1.21 bits per heavy atom. The highest BCUT2D eigenvalue weighted by molar-refractivity contribution is 7.11. The molecule has 1 aromatic heterocycles. The van der Waals surface area contributed by atoms with Gasteiger partial charge in [0.2, 0.25) is 0 Å². The van der Waals surface area contributed by atoms with E-state index in [1.807, 2.05) is 31.2 Å². The van der Waals surface area contributed by atoms with Gasteiger partial charge in [0.25, 0.3) is 0 Å². The Balaban J connectivity index is 2.32. The molecule has 1 atom stereocenters. The fraction of sp³-hybridized carbons (Fsp3) is 0.308. The summed E-state index contributed by atoms with van der Waals surface area (Å²) < 4.78 is 37.7. The van der Waals surface area contributed by atoms with Crippen LogP contribution in [0.1, 0.15) is 27.1 Å². The van der Waals surface area contributed by atoms with Crippen molar-refractivity contribution in [3.63, 3.8) is 0 Å². The molecule has 0 aliphatic heterocycles. The predicted molar refractivity (Wildman–Crippen MR) is 69.2 cm³/mol. The molecule has 1 N–H and O–H groups in total. The van der Waals surface area contributed by atoms with Gasteiger partial charge in [0.1, 0.15) is 0 Å². The fourth-order valence-electron chi connectivity index (χ4n) is 1.78. The van der Waals surface area contributed by atoms with Crippen molar-refractivity contribution in [2.24, 2.45) is 0 Å². The predicted octanol–water partition coefficient (Wildman–Crippen LogP) is 3.78. The molecule has 0 spiro atoms. The number of aromatic nitrogens is 1. The number of hydrogen-bond donors (Lipinski definition) is 1. The summed E-state index contributed by atoms with van der Waals surface area (Å²) in [5, 5.41) is 2.21. The summed E-state index contributed by atoms with van der Waals surface area (Å²) in [5.41, 5.74) is 2.03. The highest BCUT2D eigenvalue weighted by atomic mass is 32.1. The van der Waals surface area contributed by atoms with Crippen LogP contribution in [0.5, 0.6) is 0 Å². The second kappa shape index (κ2) is 5.30. The first-order valence-electron chi connectivity index (χ1n) is 5.68. The molecular formula is C13H13F3N2S. The molecule has 102 valence electrons. The molecule has 0 amide bonds. The minimum atomic E-state index is -4.38. The molecule has 2 aromatic rings. The SMILES string of the molecule is CNC(c1ccc(C)cc1)c1cnc(C(F)(F)F)s1. The van der Waals surface area contributed by atoms with Crippen LogP contribution in [0.3, 0.4) is 0 Å². The molecule has 1 unspecified atom stereocenters. The van der Waals surface area contributed by atoms with Gasteiger partial charge < -0.3 is 5.32 Å². The lowest BCUT2D eigenvalue weighted by Gasteiger charge is -2.14. The van der Waals surface area contributed by atoms with Crippen LogP contribution in [0.25, 0.3) is 0 Å². The summed E-state index contributed by atoms with van der Waals surface area (Å²) >= 11 is 0.673. The van der Waals surface area contributed by atoms with Gasteiger partial charge in [0.15, 0.2) is 5.01 Å². The van der Waals surface area contributed by atoms with Gasteiger partial charge in [0.05, 0.1) is 6.04 Å². The molecule has 0 bridgehead atoms. The van der Waals surface area contributed by atoms with Gasteiger partial charge in [-0.2, -0.15) is 13.2 Å². The second-order valence-electron chi connectivity index (χ2n) is 4.20. The van der Waals surface area contributed by atoms with Gasteiger partial charge >= 0.3 is 6.18 Å². The van der Waals surface area contributed by atoms with Gasteiger partial charge in [-0.25, -0.2) is 4.98 Å². The highest BCUT2D eigenvalue weighted by Crippen LogP contribution is 2.35. The zero-order valence-electron chi connectivity index (χ0n) is 10.5. The molecule has 1 aromatic carbocycles. The van der Waals surface area contributed by atoms with Gasteiger partial charge in [-0.3, -0.25) is 0 Å². The minimum absolute atomic E-state index is 0.269. The van der Waals surface area contributed by atoms with Crippen molar-refractivity contribution < 1.29 is 13.2 Å². The average molecular weight is 286 g/mol. The molecule has 1 heterocycles. The lowest BCUT2D eigenvalue weighted by atomic mass is 10.0. The van der Waals surface area contributed by atoms with Crippen molar-refractivity contribution in [2.45, 2.75) is 19.1 Å². The number of nitrogens with one attached hydrogen (secondary N) is 1. The Morgan fingerprint density at radius 2 is 1.84 bits per heavy atom. The van der Waals surface area contributed by atoms with Gasteiger partial charge in [-0.15, -0.1) is 11.3 Å². The summed E-state index contributed by atoms with van der Waals surface area (Å²) in [6.07, 6.45) is -3.09. The maximum atomic E-state index is 12.6. The minimum Gasteiger partial charge on any atom is -0.309 e. The van der Waals surface area contributed by atoms with Crippen LogP contribution >= 0.6 is 11.3 Å². The Bertz CT molecular complexity index is 546. The number of rotatable bonds is 3. The van der Waals surface area contributed by atoms with E-state index in [4.69, 9.17) is 0 Å². The van der Waals surface area contributed by atoms with E-state index in [9.17, 15) is 13.2 Å². The third kappa shape index (κ3) is 3.13. The lowest BCUT2D eigenvalue weighted by molar-refractivity contribution is -0.137. The monoisotopic (exact) mass is 286 g/mol. The van der Waals surface area contributed by atoms with E-state index < -0.39 is 11.2 Å². The molecule has 0 saturated heterocycles. The van der Waals surface area contributed by atoms with E-state index in [2.05, 4.69) is 10.3 Å². The zero-order valence-corrected chi connectivity index (χ0v) is 11.3. The molecule has 6 heteroatoms. The molecular weight excluding hydrogens is 273 g/mol. The highest BCUT2D eigenvalue weighted by Gasteiger charge is 2.35. The maximum absolute atomic E-state index is 12.6. The number of alkyl halides is 3. The smallest absolute Gasteiger partial charge is 0.309 e. The average Bonchev–Trinajstić information content (AvgIpc) is 2.82. The molecule has 0 fully saturated rings. The second-order valence-corrected chi connectivity index (χ2v) is 5.26. The normalized spacial score (nSPS) is 13.5. The van der Waals surface area contributed by atoms with Crippen LogP contribution < -0.4 is 5.32 Å². The molecule has 0 saturated carbocycles. The molecule has 2 nitrogen and oxygen atoms in total. The van der Waals surface area contributed by atoms with Crippen molar-refractivity contribution in [2.75, 3.05) is 7.05 Å². The summed E-state index contributed by atoms with van der Waals surface area (Å²) in [6, 6.07) is 7.41. The first-order chi connectivity index (χ1) is 8.91. The first-order valence-corrected chi connectivity index (χ1v) is 6.50. The molecule has 2 rings (SSSR count). The number of benzene rings is 1. The van der Waals surface area contributed by atoms with Crippen LogP contribution in [-0.2, 0) is 6.18 Å². The maximum Gasteiger partial charge on any atom is 0.443 e. The number of hydrogen-bond acceptors (Lipinski definition) is 3. The van der Waals surface area contributed by atoms with Crippen molar-refractivity contribution in [1.29, 1.82) is 0 Å².